The number of thioether (sulfide) groups is 1. The predicted molar refractivity (Wildman–Crippen MR) is 110 cm³/mol. The summed E-state index contributed by atoms with van der Waals surface area (Å²) in [5, 5.41) is 0. The van der Waals surface area contributed by atoms with Gasteiger partial charge < -0.3 is 17.3 Å². The molecule has 0 aromatic heterocycles. The largest absolute Gasteiger partial charge is 1.00 e. The van der Waals surface area contributed by atoms with E-state index in [4.69, 9.17) is 0 Å². The van der Waals surface area contributed by atoms with Crippen molar-refractivity contribution in [1.29, 1.82) is 0 Å². The van der Waals surface area contributed by atoms with Gasteiger partial charge in [-0.15, -0.1) is 11.8 Å². The van der Waals surface area contributed by atoms with Crippen molar-refractivity contribution in [3.8, 4) is 0 Å². The van der Waals surface area contributed by atoms with Crippen molar-refractivity contribution in [3.05, 3.63) is 70.8 Å². The Morgan fingerprint density at radius 2 is 1.88 bits per heavy atom. The summed E-state index contributed by atoms with van der Waals surface area (Å²) >= 11 is 1.98. The molecule has 0 saturated heterocycles. The van der Waals surface area contributed by atoms with Gasteiger partial charge in [0.25, 0.3) is 0 Å². The second-order valence-electron chi connectivity index (χ2n) is 7.24. The van der Waals surface area contributed by atoms with Gasteiger partial charge in [-0.1, -0.05) is 55.8 Å². The minimum absolute atomic E-state index is 0. The smallest absolute Gasteiger partial charge is 0.0802 e. The topological polar surface area (TPSA) is 4.44 Å². The van der Waals surface area contributed by atoms with E-state index in [0.29, 0.717) is 0 Å². The molecule has 1 aliphatic heterocycles. The molecule has 2 aromatic carbocycles. The van der Waals surface area contributed by atoms with E-state index in [-0.39, 0.29) is 12.4 Å². The van der Waals surface area contributed by atoms with Gasteiger partial charge in [0.15, 0.2) is 0 Å². The number of benzene rings is 2. The molecule has 26 heavy (non-hydrogen) atoms. The maximum absolute atomic E-state index is 2.47. The summed E-state index contributed by atoms with van der Waals surface area (Å²) in [6.07, 6.45) is 7.30. The first-order valence-electron chi connectivity index (χ1n) is 9.52. The van der Waals surface area contributed by atoms with E-state index in [1.54, 1.807) is 0 Å². The van der Waals surface area contributed by atoms with Crippen molar-refractivity contribution in [2.24, 2.45) is 0 Å². The highest BCUT2D eigenvalue weighted by Gasteiger charge is 2.18. The van der Waals surface area contributed by atoms with Gasteiger partial charge in [0.1, 0.15) is 0 Å². The Balaban J connectivity index is 0.00000243. The van der Waals surface area contributed by atoms with Gasteiger partial charge in [-0.3, -0.25) is 0 Å². The fourth-order valence-electron chi connectivity index (χ4n) is 3.38. The van der Waals surface area contributed by atoms with Crippen molar-refractivity contribution in [3.63, 3.8) is 0 Å². The summed E-state index contributed by atoms with van der Waals surface area (Å²) in [6, 6.07) is 16.1. The van der Waals surface area contributed by atoms with Gasteiger partial charge in [0.2, 0.25) is 0 Å². The summed E-state index contributed by atoms with van der Waals surface area (Å²) in [5.74, 6) is 1.06. The fourth-order valence-corrected chi connectivity index (χ4v) is 4.44. The van der Waals surface area contributed by atoms with Crippen LogP contribution >= 0.6 is 11.8 Å². The summed E-state index contributed by atoms with van der Waals surface area (Å²) in [7, 11) is 4.46. The highest BCUT2D eigenvalue weighted by Crippen LogP contribution is 2.40. The molecular weight excluding hydrogens is 358 g/mol. The van der Waals surface area contributed by atoms with Crippen LogP contribution in [-0.2, 0) is 12.2 Å². The Morgan fingerprint density at radius 1 is 1.08 bits per heavy atom. The highest BCUT2D eigenvalue weighted by atomic mass is 35.5. The van der Waals surface area contributed by atoms with E-state index in [1.165, 1.54) is 63.4 Å². The lowest BCUT2D eigenvalue weighted by atomic mass is 9.92. The zero-order chi connectivity index (χ0) is 17.6. The third kappa shape index (κ3) is 5.16. The average Bonchev–Trinajstić information content (AvgIpc) is 2.77. The maximum Gasteiger partial charge on any atom is 0.0802 e. The Hall–Kier alpha value is -1.22. The lowest BCUT2D eigenvalue weighted by molar-refractivity contribution is -0.857. The predicted octanol–water partition coefficient (Wildman–Crippen LogP) is 1.61. The Bertz CT molecular complexity index is 752. The van der Waals surface area contributed by atoms with Gasteiger partial charge in [-0.05, 0) is 46.7 Å². The number of rotatable bonds is 6. The number of fused-ring (bicyclic) bond motifs is 2. The Labute approximate surface area is 169 Å². The Morgan fingerprint density at radius 3 is 2.65 bits per heavy atom. The van der Waals surface area contributed by atoms with Crippen LogP contribution in [0.1, 0.15) is 48.4 Å². The van der Waals surface area contributed by atoms with Gasteiger partial charge in [0.05, 0.1) is 20.6 Å². The molecule has 3 heteroatoms. The van der Waals surface area contributed by atoms with Gasteiger partial charge >= 0.3 is 0 Å². The summed E-state index contributed by atoms with van der Waals surface area (Å²) < 4.78 is 0. The van der Waals surface area contributed by atoms with Crippen LogP contribution in [0.3, 0.4) is 0 Å². The normalized spacial score (nSPS) is 14.5. The van der Waals surface area contributed by atoms with Crippen LogP contribution in [0.5, 0.6) is 0 Å². The number of hydrogen-bond acceptors (Lipinski definition) is 1. The van der Waals surface area contributed by atoms with Crippen LogP contribution in [0.25, 0.3) is 5.57 Å². The van der Waals surface area contributed by atoms with Crippen molar-refractivity contribution in [2.45, 2.75) is 43.3 Å². The molecule has 140 valence electrons. The van der Waals surface area contributed by atoms with Gasteiger partial charge in [-0.2, -0.15) is 0 Å². The Kier molecular flexibility index (Phi) is 8.27. The monoisotopic (exact) mass is 387 g/mol. The molecule has 2 aromatic rings. The number of aryl methyl sites for hydroxylation is 1. The summed E-state index contributed by atoms with van der Waals surface area (Å²) in [5.41, 5.74) is 7.25. The van der Waals surface area contributed by atoms with Crippen LogP contribution in [-0.4, -0.2) is 20.6 Å². The highest BCUT2D eigenvalue weighted by molar-refractivity contribution is 7.98. The number of halogens is 1. The van der Waals surface area contributed by atoms with Crippen LogP contribution < -0.4 is 17.3 Å². The first-order chi connectivity index (χ1) is 12.2. The number of unbranched alkanes of at least 4 members (excludes halogenated alkanes) is 1. The molecule has 0 unspecified atom stereocenters. The molecule has 1 N–H and O–H groups in total. The molecule has 0 saturated carbocycles. The maximum atomic E-state index is 2.47. The van der Waals surface area contributed by atoms with E-state index >= 15 is 0 Å². The van der Waals surface area contributed by atoms with E-state index in [2.05, 4.69) is 69.6 Å². The summed E-state index contributed by atoms with van der Waals surface area (Å²) in [6.45, 7) is 3.44. The average molecular weight is 388 g/mol. The zero-order valence-electron chi connectivity index (χ0n) is 16.1. The molecule has 1 nitrogen and oxygen atoms in total. The molecule has 0 spiro atoms. The minimum Gasteiger partial charge on any atom is -1.00 e. The van der Waals surface area contributed by atoms with E-state index in [9.17, 15) is 0 Å². The van der Waals surface area contributed by atoms with E-state index in [0.717, 1.165) is 12.2 Å². The molecule has 0 amide bonds. The molecule has 0 bridgehead atoms. The quantitative estimate of drug-likeness (QED) is 0.789. The SMILES string of the molecule is CCCCc1ccc2c(c1)/C(=C\CC[NH+](C)C)c1ccccc1CS2.[Cl-]. The first-order valence-corrected chi connectivity index (χ1v) is 10.5. The fraction of sp³-hybridized carbons (Fsp3) is 0.391. The third-order valence-electron chi connectivity index (χ3n) is 4.84. The van der Waals surface area contributed by atoms with E-state index in [1.807, 2.05) is 11.8 Å². The molecule has 0 radical (unpaired) electrons. The van der Waals surface area contributed by atoms with Crippen LogP contribution in [0.4, 0.5) is 0 Å². The van der Waals surface area contributed by atoms with Gasteiger partial charge in [0, 0.05) is 17.1 Å². The zero-order valence-corrected chi connectivity index (χ0v) is 17.7. The molecule has 1 aliphatic rings. The number of nitrogens with one attached hydrogen (secondary N) is 1. The molecule has 3 rings (SSSR count). The van der Waals surface area contributed by atoms with E-state index < -0.39 is 0 Å². The van der Waals surface area contributed by atoms with Crippen LogP contribution in [0, 0.1) is 0 Å². The van der Waals surface area contributed by atoms with Crippen LogP contribution in [0.2, 0.25) is 0 Å². The standard InChI is InChI=1S/C23H29NS.ClH/c1-4-5-9-18-13-14-23-22(16-18)21(12-8-15-24(2)3)20-11-7-6-10-19(20)17-25-23;/h6-7,10-14,16H,4-5,8-9,15,17H2,1-3H3;1H/b21-12-;. The third-order valence-corrected chi connectivity index (χ3v) is 5.96. The summed E-state index contributed by atoms with van der Waals surface area (Å²) in [4.78, 5) is 2.94. The van der Waals surface area contributed by atoms with Crippen molar-refractivity contribution < 1.29 is 17.3 Å². The van der Waals surface area contributed by atoms with Crippen LogP contribution in [0.15, 0.2) is 53.4 Å². The second kappa shape index (κ2) is 10.2. The number of hydrogen-bond donors (Lipinski definition) is 1. The molecular formula is C23H30ClNS. The minimum atomic E-state index is 0. The molecule has 1 heterocycles. The van der Waals surface area contributed by atoms with Crippen molar-refractivity contribution in [2.75, 3.05) is 20.6 Å². The first kappa shape index (κ1) is 21.1. The second-order valence-corrected chi connectivity index (χ2v) is 8.26. The van der Waals surface area contributed by atoms with Crippen molar-refractivity contribution >= 4 is 17.3 Å². The van der Waals surface area contributed by atoms with Gasteiger partial charge in [-0.25, -0.2) is 0 Å². The lowest BCUT2D eigenvalue weighted by Crippen LogP contribution is -3.05. The molecule has 0 aliphatic carbocycles. The molecule has 0 atom stereocenters. The lowest BCUT2D eigenvalue weighted by Gasteiger charge is -2.14. The number of quaternary nitrogens is 1. The molecule has 0 fully saturated rings. The van der Waals surface area contributed by atoms with Crippen molar-refractivity contribution in [1.82, 2.24) is 0 Å².